The summed E-state index contributed by atoms with van der Waals surface area (Å²) in [4.78, 5) is 15.6. The van der Waals surface area contributed by atoms with Crippen LogP contribution in [0.25, 0.3) is 0 Å². The van der Waals surface area contributed by atoms with Crippen molar-refractivity contribution in [1.29, 1.82) is 0 Å². The first-order valence-corrected chi connectivity index (χ1v) is 5.53. The minimum atomic E-state index is -0.903. The van der Waals surface area contributed by atoms with Gasteiger partial charge in [-0.1, -0.05) is 13.8 Å². The fourth-order valence-electron chi connectivity index (χ4n) is 2.08. The zero-order valence-corrected chi connectivity index (χ0v) is 10.6. The number of hydrogen-bond acceptors (Lipinski definition) is 2. The zero-order valence-electron chi connectivity index (χ0n) is 10.6. The summed E-state index contributed by atoms with van der Waals surface area (Å²) in [5.41, 5.74) is 0.904. The highest BCUT2D eigenvalue weighted by atomic mass is 16.4. The van der Waals surface area contributed by atoms with Gasteiger partial charge in [0.15, 0.2) is 0 Å². The van der Waals surface area contributed by atoms with Crippen LogP contribution >= 0.6 is 0 Å². The minimum Gasteiger partial charge on any atom is -0.479 e. The van der Waals surface area contributed by atoms with E-state index in [0.717, 1.165) is 11.4 Å². The van der Waals surface area contributed by atoms with Crippen molar-refractivity contribution < 1.29 is 9.90 Å². The molecule has 0 aliphatic rings. The van der Waals surface area contributed by atoms with E-state index in [1.165, 1.54) is 0 Å². The zero-order chi connectivity index (χ0) is 12.5. The molecule has 90 valence electrons. The van der Waals surface area contributed by atoms with E-state index in [0.29, 0.717) is 12.3 Å². The van der Waals surface area contributed by atoms with Gasteiger partial charge in [-0.3, -0.25) is 0 Å². The number of carbonyl (C=O) groups is 1. The fourth-order valence-corrected chi connectivity index (χ4v) is 2.08. The maximum Gasteiger partial charge on any atom is 0.329 e. The molecule has 0 amide bonds. The Morgan fingerprint density at radius 2 is 2.12 bits per heavy atom. The molecule has 1 rings (SSSR count). The van der Waals surface area contributed by atoms with Gasteiger partial charge in [0.25, 0.3) is 0 Å². The van der Waals surface area contributed by atoms with Crippen LogP contribution in [0.3, 0.4) is 0 Å². The molecule has 1 atom stereocenters. The van der Waals surface area contributed by atoms with E-state index in [-0.39, 0.29) is 0 Å². The highest BCUT2D eigenvalue weighted by Crippen LogP contribution is 2.27. The molecule has 1 unspecified atom stereocenters. The Bertz CT molecular complexity index is 396. The van der Waals surface area contributed by atoms with E-state index in [9.17, 15) is 9.90 Å². The molecule has 0 aliphatic carbocycles. The highest BCUT2D eigenvalue weighted by molar-refractivity contribution is 5.76. The number of rotatable bonds is 4. The largest absolute Gasteiger partial charge is 0.479 e. The summed E-state index contributed by atoms with van der Waals surface area (Å²) in [6.45, 7) is 9.61. The summed E-state index contributed by atoms with van der Waals surface area (Å²) in [6, 6.07) is 0. The first-order valence-electron chi connectivity index (χ1n) is 5.53. The average molecular weight is 224 g/mol. The van der Waals surface area contributed by atoms with Gasteiger partial charge in [-0.25, -0.2) is 9.78 Å². The lowest BCUT2D eigenvalue weighted by atomic mass is 9.90. The van der Waals surface area contributed by atoms with Crippen molar-refractivity contribution in [1.82, 2.24) is 9.55 Å². The molecular formula is C12H20N2O2. The molecule has 16 heavy (non-hydrogen) atoms. The van der Waals surface area contributed by atoms with Crippen molar-refractivity contribution in [3.05, 3.63) is 17.7 Å². The number of hydrogen-bond donors (Lipinski definition) is 1. The molecule has 4 nitrogen and oxygen atoms in total. The highest BCUT2D eigenvalue weighted by Gasteiger charge is 2.36. The number of aryl methyl sites for hydroxylation is 1. The van der Waals surface area contributed by atoms with Crippen LogP contribution in [0.15, 0.2) is 6.33 Å². The number of carboxylic acid groups (broad SMARTS) is 1. The van der Waals surface area contributed by atoms with Crippen LogP contribution in [0.5, 0.6) is 0 Å². The van der Waals surface area contributed by atoms with Gasteiger partial charge < -0.3 is 9.67 Å². The van der Waals surface area contributed by atoms with Gasteiger partial charge in [0, 0.05) is 5.69 Å². The lowest BCUT2D eigenvalue weighted by Crippen LogP contribution is -2.40. The standard InChI is InChI=1S/C12H20N2O2/c1-8(2)6-12(5,11(15)16)14-7-13-9(3)10(14)4/h7-8H,6H2,1-5H3,(H,15,16). The maximum atomic E-state index is 11.5. The Kier molecular flexibility index (Phi) is 3.41. The Hall–Kier alpha value is -1.32. The lowest BCUT2D eigenvalue weighted by Gasteiger charge is -2.29. The van der Waals surface area contributed by atoms with Gasteiger partial charge in [-0.2, -0.15) is 0 Å². The van der Waals surface area contributed by atoms with Crippen LogP contribution in [0, 0.1) is 19.8 Å². The lowest BCUT2D eigenvalue weighted by molar-refractivity contribution is -0.147. The summed E-state index contributed by atoms with van der Waals surface area (Å²) in [5.74, 6) is -0.482. The molecule has 4 heteroatoms. The average Bonchev–Trinajstić information content (AvgIpc) is 2.46. The second-order valence-corrected chi connectivity index (χ2v) is 4.96. The van der Waals surface area contributed by atoms with E-state index in [1.807, 2.05) is 27.7 Å². The molecule has 0 saturated heterocycles. The van der Waals surface area contributed by atoms with Crippen LogP contribution in [0.2, 0.25) is 0 Å². The molecule has 0 fully saturated rings. The fraction of sp³-hybridized carbons (Fsp3) is 0.667. The normalized spacial score (nSPS) is 15.1. The number of aromatic nitrogens is 2. The van der Waals surface area contributed by atoms with Crippen LogP contribution < -0.4 is 0 Å². The Morgan fingerprint density at radius 3 is 2.44 bits per heavy atom. The molecular weight excluding hydrogens is 204 g/mol. The van der Waals surface area contributed by atoms with Gasteiger partial charge in [0.2, 0.25) is 0 Å². The van der Waals surface area contributed by atoms with Gasteiger partial charge in [0.05, 0.1) is 12.0 Å². The number of imidazole rings is 1. The van der Waals surface area contributed by atoms with Crippen molar-refractivity contribution in [2.75, 3.05) is 0 Å². The predicted molar refractivity (Wildman–Crippen MR) is 62.4 cm³/mol. The SMILES string of the molecule is Cc1ncn(C(C)(CC(C)C)C(=O)O)c1C. The van der Waals surface area contributed by atoms with E-state index >= 15 is 0 Å². The second-order valence-electron chi connectivity index (χ2n) is 4.96. The number of aliphatic carboxylic acids is 1. The van der Waals surface area contributed by atoms with E-state index in [4.69, 9.17) is 0 Å². The van der Waals surface area contributed by atoms with Crippen molar-refractivity contribution in [3.63, 3.8) is 0 Å². The van der Waals surface area contributed by atoms with Gasteiger partial charge in [-0.15, -0.1) is 0 Å². The molecule has 1 aromatic rings. The Morgan fingerprint density at radius 1 is 1.56 bits per heavy atom. The quantitative estimate of drug-likeness (QED) is 0.854. The summed E-state index contributed by atoms with van der Waals surface area (Å²) in [6.07, 6.45) is 2.22. The van der Waals surface area contributed by atoms with Crippen molar-refractivity contribution in [2.45, 2.75) is 46.6 Å². The summed E-state index contributed by atoms with van der Waals surface area (Å²) >= 11 is 0. The van der Waals surface area contributed by atoms with Crippen LogP contribution in [-0.4, -0.2) is 20.6 Å². The Balaban J connectivity index is 3.21. The molecule has 1 aromatic heterocycles. The van der Waals surface area contributed by atoms with Gasteiger partial charge in [-0.05, 0) is 33.1 Å². The number of carboxylic acids is 1. The van der Waals surface area contributed by atoms with Crippen LogP contribution in [-0.2, 0) is 10.3 Å². The molecule has 0 aliphatic heterocycles. The van der Waals surface area contributed by atoms with Gasteiger partial charge >= 0.3 is 5.97 Å². The monoisotopic (exact) mass is 224 g/mol. The minimum absolute atomic E-state index is 0.322. The van der Waals surface area contributed by atoms with Gasteiger partial charge in [0.1, 0.15) is 5.54 Å². The summed E-state index contributed by atoms with van der Waals surface area (Å²) < 4.78 is 1.77. The maximum absolute atomic E-state index is 11.5. The van der Waals surface area contributed by atoms with Crippen LogP contribution in [0.1, 0.15) is 38.6 Å². The molecule has 0 radical (unpaired) electrons. The molecule has 0 bridgehead atoms. The second kappa shape index (κ2) is 4.28. The molecule has 0 aromatic carbocycles. The smallest absolute Gasteiger partial charge is 0.329 e. The number of nitrogens with zero attached hydrogens (tertiary/aromatic N) is 2. The molecule has 0 spiro atoms. The van der Waals surface area contributed by atoms with Crippen molar-refractivity contribution in [3.8, 4) is 0 Å². The molecule has 1 N–H and O–H groups in total. The van der Waals surface area contributed by atoms with Crippen molar-refractivity contribution >= 4 is 5.97 Å². The third-order valence-electron chi connectivity index (χ3n) is 3.05. The third-order valence-corrected chi connectivity index (χ3v) is 3.05. The van der Waals surface area contributed by atoms with Crippen molar-refractivity contribution in [2.24, 2.45) is 5.92 Å². The topological polar surface area (TPSA) is 55.1 Å². The summed E-state index contributed by atoms with van der Waals surface area (Å²) in [5, 5.41) is 9.42. The Labute approximate surface area is 96.3 Å². The van der Waals surface area contributed by atoms with E-state index < -0.39 is 11.5 Å². The molecule has 0 saturated carbocycles. The van der Waals surface area contributed by atoms with E-state index in [2.05, 4.69) is 4.98 Å². The first-order chi connectivity index (χ1) is 7.29. The summed E-state index contributed by atoms with van der Waals surface area (Å²) in [7, 11) is 0. The third kappa shape index (κ3) is 2.10. The first kappa shape index (κ1) is 12.7. The predicted octanol–water partition coefficient (Wildman–Crippen LogP) is 2.35. The van der Waals surface area contributed by atoms with E-state index in [1.54, 1.807) is 17.8 Å². The molecule has 1 heterocycles. The van der Waals surface area contributed by atoms with Crippen LogP contribution in [0.4, 0.5) is 0 Å².